The van der Waals surface area contributed by atoms with Crippen molar-refractivity contribution in [2.75, 3.05) is 0 Å². The van der Waals surface area contributed by atoms with E-state index in [9.17, 15) is 9.59 Å². The van der Waals surface area contributed by atoms with E-state index in [0.29, 0.717) is 19.4 Å². The van der Waals surface area contributed by atoms with Gasteiger partial charge in [0.25, 0.3) is 5.91 Å². The van der Waals surface area contributed by atoms with Crippen LogP contribution in [0.25, 0.3) is 10.9 Å². The second-order valence-electron chi connectivity index (χ2n) is 9.13. The summed E-state index contributed by atoms with van der Waals surface area (Å²) in [5.74, 6) is 0.159. The molecule has 2 aliphatic heterocycles. The van der Waals surface area contributed by atoms with Gasteiger partial charge < -0.3 is 9.64 Å². The molecule has 33 heavy (non-hydrogen) atoms. The number of amides is 2. The van der Waals surface area contributed by atoms with Gasteiger partial charge >= 0.3 is 0 Å². The van der Waals surface area contributed by atoms with E-state index >= 15 is 0 Å². The Labute approximate surface area is 192 Å². The second-order valence-corrected chi connectivity index (χ2v) is 9.13. The van der Waals surface area contributed by atoms with E-state index < -0.39 is 17.4 Å². The summed E-state index contributed by atoms with van der Waals surface area (Å²) in [5.41, 5.74) is 3.93. The number of hydrogen-bond donors (Lipinski definition) is 2. The summed E-state index contributed by atoms with van der Waals surface area (Å²) in [6.45, 7) is 2.37. The molecule has 2 saturated heterocycles. The molecular formula is C26H27N3O4. The number of rotatable bonds is 5. The highest BCUT2D eigenvalue weighted by Gasteiger charge is 2.53. The van der Waals surface area contributed by atoms with Gasteiger partial charge in [-0.05, 0) is 62.4 Å². The van der Waals surface area contributed by atoms with Crippen molar-refractivity contribution in [3.63, 3.8) is 0 Å². The van der Waals surface area contributed by atoms with Gasteiger partial charge in [-0.2, -0.15) is 0 Å². The number of carbonyl (C=O) groups is 2. The summed E-state index contributed by atoms with van der Waals surface area (Å²) >= 11 is 0. The normalized spacial score (nSPS) is 24.5. The van der Waals surface area contributed by atoms with Gasteiger partial charge in [0, 0.05) is 23.2 Å². The van der Waals surface area contributed by atoms with Gasteiger partial charge in [0.05, 0.1) is 10.9 Å². The zero-order valence-corrected chi connectivity index (χ0v) is 18.5. The molecule has 170 valence electrons. The Hall–Kier alpha value is -3.45. The lowest BCUT2D eigenvalue weighted by Crippen LogP contribution is -2.53. The molecule has 3 unspecified atom stereocenters. The summed E-state index contributed by atoms with van der Waals surface area (Å²) < 4.78 is 6.03. The molecule has 3 aromatic rings. The molecule has 7 nitrogen and oxygen atoms in total. The van der Waals surface area contributed by atoms with E-state index in [1.54, 1.807) is 16.6 Å². The number of nitrogens with one attached hydrogen (secondary N) is 1. The van der Waals surface area contributed by atoms with Gasteiger partial charge in [-0.3, -0.25) is 19.8 Å². The summed E-state index contributed by atoms with van der Waals surface area (Å²) in [5, 5.41) is 10.2. The number of hydrogen-bond acceptors (Lipinski definition) is 5. The van der Waals surface area contributed by atoms with Gasteiger partial charge in [0.2, 0.25) is 5.91 Å². The van der Waals surface area contributed by atoms with Crippen LogP contribution in [-0.4, -0.2) is 39.0 Å². The van der Waals surface area contributed by atoms with Crippen LogP contribution in [0.3, 0.4) is 0 Å². The third-order valence-corrected chi connectivity index (χ3v) is 7.13. The zero-order valence-electron chi connectivity index (χ0n) is 18.5. The number of para-hydroxylation sites is 1. The molecule has 2 aromatic carbocycles. The molecule has 5 rings (SSSR count). The Morgan fingerprint density at radius 3 is 2.76 bits per heavy atom. The first-order valence-corrected chi connectivity index (χ1v) is 11.3. The average molecular weight is 446 g/mol. The molecule has 2 fully saturated rings. The van der Waals surface area contributed by atoms with Gasteiger partial charge in [-0.1, -0.05) is 30.3 Å². The summed E-state index contributed by atoms with van der Waals surface area (Å²) in [7, 11) is 0. The number of hydroxylamine groups is 1. The quantitative estimate of drug-likeness (QED) is 0.461. The molecule has 7 heteroatoms. The lowest BCUT2D eigenvalue weighted by atomic mass is 9.79. The lowest BCUT2D eigenvalue weighted by Gasteiger charge is -2.36. The maximum atomic E-state index is 13.4. The molecule has 0 saturated carbocycles. The Morgan fingerprint density at radius 2 is 1.97 bits per heavy atom. The van der Waals surface area contributed by atoms with Crippen LogP contribution in [-0.2, 0) is 21.6 Å². The SMILES string of the molecule is CC1(c2ccc(OCc3ccnc4ccccc34)cc2)CC2CCCC(C(=O)NO)N2C1=O. The number of ether oxygens (including phenoxy) is 1. The van der Waals surface area contributed by atoms with Crippen molar-refractivity contribution in [3.8, 4) is 5.75 Å². The molecular weight excluding hydrogens is 418 g/mol. The molecule has 0 bridgehead atoms. The third-order valence-electron chi connectivity index (χ3n) is 7.13. The van der Waals surface area contributed by atoms with Crippen molar-refractivity contribution in [3.05, 3.63) is 71.9 Å². The molecule has 0 spiro atoms. The number of fused-ring (bicyclic) bond motifs is 2. The number of carbonyl (C=O) groups excluding carboxylic acids is 2. The molecule has 3 atom stereocenters. The van der Waals surface area contributed by atoms with Crippen molar-refractivity contribution in [2.24, 2.45) is 0 Å². The number of nitrogens with zero attached hydrogens (tertiary/aromatic N) is 2. The van der Waals surface area contributed by atoms with Crippen molar-refractivity contribution in [2.45, 2.75) is 56.7 Å². The van der Waals surface area contributed by atoms with Gasteiger partial charge in [0.1, 0.15) is 18.4 Å². The highest BCUT2D eigenvalue weighted by Crippen LogP contribution is 2.44. The standard InChI is InChI=1S/C26H27N3O4/c1-26(15-19-5-4-8-23(24(30)28-32)29(19)25(26)31)18-9-11-20(12-10-18)33-16-17-13-14-27-22-7-3-2-6-21(17)22/h2-3,6-7,9-14,19,23,32H,4-5,8,15-16H2,1H3,(H,28,30). The Bertz CT molecular complexity index is 1190. The summed E-state index contributed by atoms with van der Waals surface area (Å²) in [6.07, 6.45) is 4.75. The van der Waals surface area contributed by atoms with Gasteiger partial charge in [-0.25, -0.2) is 5.48 Å². The molecule has 2 N–H and O–H groups in total. The molecule has 0 aliphatic carbocycles. The van der Waals surface area contributed by atoms with Crippen molar-refractivity contribution < 1.29 is 19.5 Å². The molecule has 3 heterocycles. The Balaban J connectivity index is 1.33. The highest BCUT2D eigenvalue weighted by molar-refractivity contribution is 5.95. The first-order valence-electron chi connectivity index (χ1n) is 11.3. The van der Waals surface area contributed by atoms with Gasteiger partial charge in [-0.15, -0.1) is 0 Å². The first-order chi connectivity index (χ1) is 16.0. The topological polar surface area (TPSA) is 91.8 Å². The summed E-state index contributed by atoms with van der Waals surface area (Å²) in [6, 6.07) is 17.0. The molecule has 0 radical (unpaired) electrons. The lowest BCUT2D eigenvalue weighted by molar-refractivity contribution is -0.147. The fraction of sp³-hybridized carbons (Fsp3) is 0.346. The van der Waals surface area contributed by atoms with Gasteiger partial charge in [0.15, 0.2) is 0 Å². The van der Waals surface area contributed by atoms with Crippen LogP contribution in [0.5, 0.6) is 5.75 Å². The maximum Gasteiger partial charge on any atom is 0.266 e. The predicted molar refractivity (Wildman–Crippen MR) is 123 cm³/mol. The van der Waals surface area contributed by atoms with E-state index in [-0.39, 0.29) is 11.9 Å². The minimum absolute atomic E-state index is 0.00875. The minimum Gasteiger partial charge on any atom is -0.489 e. The molecule has 2 aliphatic rings. The van der Waals surface area contributed by atoms with Crippen molar-refractivity contribution in [1.29, 1.82) is 0 Å². The van der Waals surface area contributed by atoms with E-state index in [1.165, 1.54) is 0 Å². The van der Waals surface area contributed by atoms with Crippen LogP contribution in [0.15, 0.2) is 60.8 Å². The highest BCUT2D eigenvalue weighted by atomic mass is 16.5. The molecule has 2 amide bonds. The fourth-order valence-corrected chi connectivity index (χ4v) is 5.37. The van der Waals surface area contributed by atoms with Crippen LogP contribution in [0.2, 0.25) is 0 Å². The third kappa shape index (κ3) is 3.72. The van der Waals surface area contributed by atoms with E-state index in [1.807, 2.05) is 61.5 Å². The fourth-order valence-electron chi connectivity index (χ4n) is 5.37. The number of aromatic nitrogens is 1. The number of pyridine rings is 1. The Morgan fingerprint density at radius 1 is 1.18 bits per heavy atom. The minimum atomic E-state index is -0.706. The van der Waals surface area contributed by atoms with E-state index in [4.69, 9.17) is 9.94 Å². The smallest absolute Gasteiger partial charge is 0.266 e. The van der Waals surface area contributed by atoms with Crippen LogP contribution in [0, 0.1) is 0 Å². The number of benzene rings is 2. The van der Waals surface area contributed by atoms with Crippen LogP contribution in [0.1, 0.15) is 43.7 Å². The predicted octanol–water partition coefficient (Wildman–Crippen LogP) is 3.73. The van der Waals surface area contributed by atoms with Crippen molar-refractivity contribution in [1.82, 2.24) is 15.4 Å². The summed E-state index contributed by atoms with van der Waals surface area (Å²) in [4.78, 5) is 31.7. The first kappa shape index (κ1) is 21.4. The monoisotopic (exact) mass is 445 g/mol. The van der Waals surface area contributed by atoms with Crippen LogP contribution < -0.4 is 10.2 Å². The van der Waals surface area contributed by atoms with Crippen LogP contribution >= 0.6 is 0 Å². The van der Waals surface area contributed by atoms with Crippen molar-refractivity contribution >= 4 is 22.7 Å². The molecule has 1 aromatic heterocycles. The van der Waals surface area contributed by atoms with Crippen LogP contribution in [0.4, 0.5) is 0 Å². The zero-order chi connectivity index (χ0) is 23.0. The van der Waals surface area contributed by atoms with E-state index in [2.05, 4.69) is 4.98 Å². The van der Waals surface area contributed by atoms with E-state index in [0.717, 1.165) is 40.6 Å². The Kier molecular flexibility index (Phi) is 5.50. The largest absolute Gasteiger partial charge is 0.489 e. The number of piperidine rings is 1. The second kappa shape index (κ2) is 8.48. The maximum absolute atomic E-state index is 13.4. The average Bonchev–Trinajstić information content (AvgIpc) is 3.13.